The molecule has 2 N–H and O–H groups in total. The summed E-state index contributed by atoms with van der Waals surface area (Å²) in [5.41, 5.74) is 1.38. The number of halogens is 1. The van der Waals surface area contributed by atoms with Crippen LogP contribution in [-0.4, -0.2) is 40.6 Å². The number of ether oxygens (including phenoxy) is 1. The van der Waals surface area contributed by atoms with E-state index in [0.717, 1.165) is 5.56 Å². The number of likely N-dealkylation sites (tertiary alicyclic amines) is 1. The van der Waals surface area contributed by atoms with Gasteiger partial charge in [-0.25, -0.2) is 9.18 Å². The third-order valence-corrected chi connectivity index (χ3v) is 5.11. The topological polar surface area (TPSA) is 110 Å². The van der Waals surface area contributed by atoms with Gasteiger partial charge in [0.1, 0.15) is 11.6 Å². The van der Waals surface area contributed by atoms with Crippen molar-refractivity contribution in [1.82, 2.24) is 20.4 Å². The van der Waals surface area contributed by atoms with Gasteiger partial charge in [0.15, 0.2) is 5.82 Å². The Labute approximate surface area is 183 Å². The highest BCUT2D eigenvalue weighted by Gasteiger charge is 2.33. The third kappa shape index (κ3) is 5.02. The van der Waals surface area contributed by atoms with Gasteiger partial charge in [-0.3, -0.25) is 4.79 Å². The van der Waals surface area contributed by atoms with E-state index in [9.17, 15) is 14.0 Å². The first-order valence-electron chi connectivity index (χ1n) is 10.0. The van der Waals surface area contributed by atoms with E-state index in [0.29, 0.717) is 30.4 Å². The lowest BCUT2D eigenvalue weighted by Gasteiger charge is -2.16. The molecule has 3 aromatic rings. The molecule has 0 bridgehead atoms. The number of nitrogens with one attached hydrogen (secondary N) is 2. The minimum absolute atomic E-state index is 0.0278. The first-order valence-corrected chi connectivity index (χ1v) is 10.0. The number of amides is 3. The van der Waals surface area contributed by atoms with E-state index in [1.165, 1.54) is 19.2 Å². The molecule has 32 heavy (non-hydrogen) atoms. The lowest BCUT2D eigenvalue weighted by molar-refractivity contribution is -0.128. The maximum absolute atomic E-state index is 13.1. The van der Waals surface area contributed by atoms with E-state index in [2.05, 4.69) is 20.8 Å². The van der Waals surface area contributed by atoms with Crippen LogP contribution in [0.1, 0.15) is 29.6 Å². The molecule has 1 saturated heterocycles. The number of methoxy groups -OCH3 is 1. The van der Waals surface area contributed by atoms with E-state index in [4.69, 9.17) is 9.26 Å². The highest BCUT2D eigenvalue weighted by Crippen LogP contribution is 2.27. The fourth-order valence-electron chi connectivity index (χ4n) is 3.48. The van der Waals surface area contributed by atoms with Crippen molar-refractivity contribution in [1.29, 1.82) is 0 Å². The number of hydrogen-bond acceptors (Lipinski definition) is 6. The van der Waals surface area contributed by atoms with Crippen LogP contribution in [0.3, 0.4) is 0 Å². The third-order valence-electron chi connectivity index (χ3n) is 5.11. The van der Waals surface area contributed by atoms with Crippen molar-refractivity contribution in [2.24, 2.45) is 0 Å². The highest BCUT2D eigenvalue weighted by atomic mass is 19.1. The van der Waals surface area contributed by atoms with Gasteiger partial charge in [-0.15, -0.1) is 0 Å². The lowest BCUT2D eigenvalue weighted by Crippen LogP contribution is -2.28. The van der Waals surface area contributed by atoms with Crippen molar-refractivity contribution >= 4 is 17.6 Å². The number of nitrogens with zero attached hydrogens (tertiary/aromatic N) is 3. The standard InChI is InChI=1S/C22H22FN5O4/c1-31-18-5-3-2-4-17(18)25-22(30)24-11-19-26-21(27-32-19)15-10-20(29)28(13-15)12-14-6-8-16(23)9-7-14/h2-9,15H,10-13H2,1H3,(H2,24,25,30)/t15-/m0/s1. The molecule has 1 atom stereocenters. The summed E-state index contributed by atoms with van der Waals surface area (Å²) in [6, 6.07) is 12.7. The van der Waals surface area contributed by atoms with Crippen molar-refractivity contribution < 1.29 is 23.2 Å². The quantitative estimate of drug-likeness (QED) is 0.586. The number of rotatable bonds is 7. The SMILES string of the molecule is COc1ccccc1NC(=O)NCc1nc([C@H]2CC(=O)N(Cc3ccc(F)cc3)C2)no1. The Balaban J connectivity index is 1.30. The Bertz CT molecular complexity index is 1100. The van der Waals surface area contributed by atoms with E-state index >= 15 is 0 Å². The Kier molecular flexibility index (Phi) is 6.29. The lowest BCUT2D eigenvalue weighted by atomic mass is 10.1. The highest BCUT2D eigenvalue weighted by molar-refractivity contribution is 5.90. The van der Waals surface area contributed by atoms with Crippen LogP contribution in [0.5, 0.6) is 5.75 Å². The largest absolute Gasteiger partial charge is 0.495 e. The summed E-state index contributed by atoms with van der Waals surface area (Å²) in [6.45, 7) is 0.871. The average Bonchev–Trinajstić information content (AvgIpc) is 3.41. The zero-order chi connectivity index (χ0) is 22.5. The predicted molar refractivity (Wildman–Crippen MR) is 112 cm³/mol. The first kappa shape index (κ1) is 21.3. The number of benzene rings is 2. The molecule has 9 nitrogen and oxygen atoms in total. The second-order valence-corrected chi connectivity index (χ2v) is 7.36. The number of carbonyl (C=O) groups is 2. The van der Waals surface area contributed by atoms with Gasteiger partial charge < -0.3 is 24.8 Å². The Morgan fingerprint density at radius 1 is 1.25 bits per heavy atom. The average molecular weight is 439 g/mol. The molecule has 10 heteroatoms. The van der Waals surface area contributed by atoms with Gasteiger partial charge in [0.05, 0.1) is 19.3 Å². The number of urea groups is 1. The molecule has 0 saturated carbocycles. The van der Waals surface area contributed by atoms with Gasteiger partial charge in [0, 0.05) is 25.4 Å². The van der Waals surface area contributed by atoms with Crippen LogP contribution >= 0.6 is 0 Å². The molecule has 3 amide bonds. The monoisotopic (exact) mass is 439 g/mol. The molecule has 1 aliphatic heterocycles. The maximum Gasteiger partial charge on any atom is 0.319 e. The van der Waals surface area contributed by atoms with E-state index in [1.807, 2.05) is 0 Å². The minimum atomic E-state index is -0.448. The smallest absolute Gasteiger partial charge is 0.319 e. The maximum atomic E-state index is 13.1. The normalized spacial score (nSPS) is 15.6. The second kappa shape index (κ2) is 9.46. The zero-order valence-electron chi connectivity index (χ0n) is 17.4. The molecule has 0 spiro atoms. The second-order valence-electron chi connectivity index (χ2n) is 7.36. The van der Waals surface area contributed by atoms with Crippen molar-refractivity contribution in [2.75, 3.05) is 19.0 Å². The van der Waals surface area contributed by atoms with Gasteiger partial charge in [0.25, 0.3) is 0 Å². The van der Waals surface area contributed by atoms with E-state index in [-0.39, 0.29) is 36.5 Å². The van der Waals surface area contributed by atoms with E-state index in [1.54, 1.807) is 41.3 Å². The summed E-state index contributed by atoms with van der Waals surface area (Å²) in [5.74, 6) is 0.645. The Morgan fingerprint density at radius 3 is 2.81 bits per heavy atom. The molecule has 1 fully saturated rings. The first-order chi connectivity index (χ1) is 15.5. The molecule has 2 heterocycles. The number of aromatic nitrogens is 2. The summed E-state index contributed by atoms with van der Waals surface area (Å²) >= 11 is 0. The van der Waals surface area contributed by atoms with Gasteiger partial charge in [-0.05, 0) is 29.8 Å². The molecular weight excluding hydrogens is 417 g/mol. The zero-order valence-corrected chi connectivity index (χ0v) is 17.4. The van der Waals surface area contributed by atoms with E-state index < -0.39 is 6.03 Å². The number of para-hydroxylation sites is 2. The summed E-state index contributed by atoms with van der Waals surface area (Å²) in [4.78, 5) is 30.5. The number of carbonyl (C=O) groups excluding carboxylic acids is 2. The summed E-state index contributed by atoms with van der Waals surface area (Å²) < 4.78 is 23.5. The fourth-order valence-corrected chi connectivity index (χ4v) is 3.48. The molecule has 166 valence electrons. The van der Waals surface area contributed by atoms with Crippen LogP contribution < -0.4 is 15.4 Å². The molecule has 0 radical (unpaired) electrons. The molecule has 0 aliphatic carbocycles. The molecule has 1 aromatic heterocycles. The molecule has 2 aromatic carbocycles. The number of hydrogen-bond donors (Lipinski definition) is 2. The van der Waals surface area contributed by atoms with Gasteiger partial charge in [-0.1, -0.05) is 29.4 Å². The van der Waals surface area contributed by atoms with Crippen LogP contribution in [0, 0.1) is 5.82 Å². The van der Waals surface area contributed by atoms with Crippen LogP contribution in [0.4, 0.5) is 14.9 Å². The van der Waals surface area contributed by atoms with Crippen LogP contribution in [0.25, 0.3) is 0 Å². The van der Waals surface area contributed by atoms with Crippen molar-refractivity contribution in [3.63, 3.8) is 0 Å². The molecule has 0 unspecified atom stereocenters. The van der Waals surface area contributed by atoms with Crippen molar-refractivity contribution in [3.05, 3.63) is 71.6 Å². The molecular formula is C22H22FN5O4. The van der Waals surface area contributed by atoms with Crippen LogP contribution in [0.2, 0.25) is 0 Å². The predicted octanol–water partition coefficient (Wildman–Crippen LogP) is 3.06. The van der Waals surface area contributed by atoms with Gasteiger partial charge >= 0.3 is 6.03 Å². The Hall–Kier alpha value is -3.95. The van der Waals surface area contributed by atoms with Crippen molar-refractivity contribution in [3.8, 4) is 5.75 Å². The Morgan fingerprint density at radius 2 is 2.03 bits per heavy atom. The number of anilines is 1. The van der Waals surface area contributed by atoms with Gasteiger partial charge in [0.2, 0.25) is 11.8 Å². The fraction of sp³-hybridized carbons (Fsp3) is 0.273. The van der Waals surface area contributed by atoms with Crippen LogP contribution in [-0.2, 0) is 17.9 Å². The van der Waals surface area contributed by atoms with Crippen molar-refractivity contribution in [2.45, 2.75) is 25.4 Å². The summed E-state index contributed by atoms with van der Waals surface area (Å²) in [6.07, 6.45) is 0.266. The summed E-state index contributed by atoms with van der Waals surface area (Å²) in [5, 5.41) is 9.31. The molecule has 4 rings (SSSR count). The van der Waals surface area contributed by atoms with Crippen LogP contribution in [0.15, 0.2) is 53.1 Å². The summed E-state index contributed by atoms with van der Waals surface area (Å²) in [7, 11) is 1.52. The minimum Gasteiger partial charge on any atom is -0.495 e. The van der Waals surface area contributed by atoms with Gasteiger partial charge in [-0.2, -0.15) is 4.98 Å². The molecule has 1 aliphatic rings.